The van der Waals surface area contributed by atoms with Gasteiger partial charge in [-0.15, -0.1) is 10.2 Å². The van der Waals surface area contributed by atoms with E-state index in [1.165, 1.54) is 0 Å². The Labute approximate surface area is 223 Å². The fourth-order valence-corrected chi connectivity index (χ4v) is 4.87. The second-order valence-electron chi connectivity index (χ2n) is 9.56. The van der Waals surface area contributed by atoms with E-state index >= 15 is 0 Å². The highest BCUT2D eigenvalue weighted by molar-refractivity contribution is 5.96. The summed E-state index contributed by atoms with van der Waals surface area (Å²) in [5, 5.41) is 8.81. The first-order chi connectivity index (χ1) is 18.6. The number of benzene rings is 2. The van der Waals surface area contributed by atoms with E-state index in [1.54, 1.807) is 36.3 Å². The first-order valence-corrected chi connectivity index (χ1v) is 13.1. The lowest BCUT2D eigenvalue weighted by atomic mass is 10.1. The molecule has 0 saturated carbocycles. The SMILES string of the molecule is COc1ccc(C(=O)N(CC(=O)N2CCN(c3ccc(-c4ccccc4)nn3)CC2)C[C@H]2CCCO2)cc1. The van der Waals surface area contributed by atoms with Gasteiger partial charge in [0.1, 0.15) is 12.3 Å². The number of anilines is 1. The van der Waals surface area contributed by atoms with Crippen LogP contribution in [0.1, 0.15) is 23.2 Å². The number of methoxy groups -OCH3 is 1. The van der Waals surface area contributed by atoms with E-state index in [2.05, 4.69) is 15.1 Å². The molecule has 0 bridgehead atoms. The lowest BCUT2D eigenvalue weighted by molar-refractivity contribution is -0.132. The lowest BCUT2D eigenvalue weighted by Gasteiger charge is -2.36. The van der Waals surface area contributed by atoms with Gasteiger partial charge in [-0.2, -0.15) is 0 Å². The summed E-state index contributed by atoms with van der Waals surface area (Å²) in [5.74, 6) is 1.24. The van der Waals surface area contributed by atoms with Crippen molar-refractivity contribution in [3.8, 4) is 17.0 Å². The Morgan fingerprint density at radius 3 is 2.37 bits per heavy atom. The van der Waals surface area contributed by atoms with Crippen LogP contribution in [0.15, 0.2) is 66.7 Å². The van der Waals surface area contributed by atoms with Crippen molar-refractivity contribution < 1.29 is 19.1 Å². The standard InChI is InChI=1S/C29H33N5O4/c1-37-24-11-9-23(10-12-24)29(36)34(20-25-8-5-19-38-25)21-28(35)33-17-15-32(16-18-33)27-14-13-26(30-31-27)22-6-3-2-4-7-22/h2-4,6-7,9-14,25H,5,8,15-21H2,1H3/t25-/m1/s1. The summed E-state index contributed by atoms with van der Waals surface area (Å²) >= 11 is 0. The smallest absolute Gasteiger partial charge is 0.254 e. The molecule has 198 valence electrons. The summed E-state index contributed by atoms with van der Waals surface area (Å²) in [4.78, 5) is 32.2. The molecule has 3 aromatic rings. The van der Waals surface area contributed by atoms with Gasteiger partial charge in [0.2, 0.25) is 5.91 Å². The molecule has 0 unspecified atom stereocenters. The highest BCUT2D eigenvalue weighted by Crippen LogP contribution is 2.20. The molecule has 2 aliphatic rings. The molecular weight excluding hydrogens is 482 g/mol. The Morgan fingerprint density at radius 1 is 0.974 bits per heavy atom. The van der Waals surface area contributed by atoms with Crippen molar-refractivity contribution in [2.24, 2.45) is 0 Å². The van der Waals surface area contributed by atoms with E-state index in [-0.39, 0.29) is 24.5 Å². The Kier molecular flexibility index (Phi) is 8.13. The Bertz CT molecular complexity index is 1210. The number of hydrogen-bond acceptors (Lipinski definition) is 7. The van der Waals surface area contributed by atoms with Gasteiger partial charge in [0.25, 0.3) is 5.91 Å². The zero-order valence-corrected chi connectivity index (χ0v) is 21.7. The van der Waals surface area contributed by atoms with E-state index in [0.29, 0.717) is 50.6 Å². The van der Waals surface area contributed by atoms with Gasteiger partial charge in [-0.05, 0) is 49.2 Å². The fraction of sp³-hybridized carbons (Fsp3) is 0.379. The van der Waals surface area contributed by atoms with Gasteiger partial charge in [0.15, 0.2) is 5.82 Å². The van der Waals surface area contributed by atoms with Crippen LogP contribution in [-0.4, -0.2) is 90.9 Å². The number of carbonyl (C=O) groups is 2. The monoisotopic (exact) mass is 515 g/mol. The Morgan fingerprint density at radius 2 is 1.74 bits per heavy atom. The maximum absolute atomic E-state index is 13.4. The molecule has 9 nitrogen and oxygen atoms in total. The molecule has 9 heteroatoms. The van der Waals surface area contributed by atoms with Gasteiger partial charge in [0, 0.05) is 50.5 Å². The molecule has 5 rings (SSSR count). The van der Waals surface area contributed by atoms with Crippen molar-refractivity contribution in [1.82, 2.24) is 20.0 Å². The molecule has 2 aliphatic heterocycles. The number of piperazine rings is 1. The number of carbonyl (C=O) groups excluding carboxylic acids is 2. The van der Waals surface area contributed by atoms with E-state index in [1.807, 2.05) is 47.4 Å². The summed E-state index contributed by atoms with van der Waals surface area (Å²) in [6.07, 6.45) is 1.82. The molecule has 2 aromatic carbocycles. The molecule has 2 fully saturated rings. The molecule has 38 heavy (non-hydrogen) atoms. The van der Waals surface area contributed by atoms with E-state index in [9.17, 15) is 9.59 Å². The molecule has 0 N–H and O–H groups in total. The predicted molar refractivity (Wildman–Crippen MR) is 144 cm³/mol. The van der Waals surface area contributed by atoms with Crippen molar-refractivity contribution in [2.75, 3.05) is 57.9 Å². The third-order valence-corrected chi connectivity index (χ3v) is 7.07. The van der Waals surface area contributed by atoms with Crippen LogP contribution in [0.2, 0.25) is 0 Å². The van der Waals surface area contributed by atoms with Gasteiger partial charge in [-0.3, -0.25) is 9.59 Å². The van der Waals surface area contributed by atoms with Gasteiger partial charge in [0.05, 0.1) is 18.9 Å². The maximum atomic E-state index is 13.4. The molecule has 0 spiro atoms. The second-order valence-corrected chi connectivity index (χ2v) is 9.56. The summed E-state index contributed by atoms with van der Waals surface area (Å²) in [6.45, 7) is 3.56. The van der Waals surface area contributed by atoms with Crippen molar-refractivity contribution in [1.29, 1.82) is 0 Å². The number of ether oxygens (including phenoxy) is 2. The largest absolute Gasteiger partial charge is 0.497 e. The minimum Gasteiger partial charge on any atom is -0.497 e. The predicted octanol–water partition coefficient (Wildman–Crippen LogP) is 3.12. The molecule has 1 aromatic heterocycles. The Balaban J connectivity index is 1.19. The minimum absolute atomic E-state index is 0.0241. The van der Waals surface area contributed by atoms with E-state index in [0.717, 1.165) is 29.9 Å². The zero-order valence-electron chi connectivity index (χ0n) is 21.7. The number of amides is 2. The van der Waals surface area contributed by atoms with Crippen LogP contribution in [-0.2, 0) is 9.53 Å². The number of hydrogen-bond donors (Lipinski definition) is 0. The second kappa shape index (κ2) is 12.0. The van der Waals surface area contributed by atoms with Crippen LogP contribution in [0.5, 0.6) is 5.75 Å². The lowest BCUT2D eigenvalue weighted by Crippen LogP contribution is -2.52. The summed E-state index contributed by atoms with van der Waals surface area (Å²) in [6, 6.07) is 20.9. The number of aromatic nitrogens is 2. The van der Waals surface area contributed by atoms with Crippen LogP contribution in [0.4, 0.5) is 5.82 Å². The van der Waals surface area contributed by atoms with Crippen molar-refractivity contribution in [2.45, 2.75) is 18.9 Å². The molecule has 0 aliphatic carbocycles. The quantitative estimate of drug-likeness (QED) is 0.456. The molecule has 1 atom stereocenters. The first-order valence-electron chi connectivity index (χ1n) is 13.1. The summed E-state index contributed by atoms with van der Waals surface area (Å²) in [5.41, 5.74) is 2.38. The highest BCUT2D eigenvalue weighted by Gasteiger charge is 2.29. The zero-order chi connectivity index (χ0) is 26.3. The number of nitrogens with zero attached hydrogens (tertiary/aromatic N) is 5. The fourth-order valence-electron chi connectivity index (χ4n) is 4.87. The number of rotatable bonds is 8. The molecule has 2 amide bonds. The van der Waals surface area contributed by atoms with E-state index < -0.39 is 0 Å². The van der Waals surface area contributed by atoms with Crippen molar-refractivity contribution in [3.63, 3.8) is 0 Å². The highest BCUT2D eigenvalue weighted by atomic mass is 16.5. The Hall–Kier alpha value is -3.98. The van der Waals surface area contributed by atoms with Crippen molar-refractivity contribution >= 4 is 17.6 Å². The van der Waals surface area contributed by atoms with Crippen LogP contribution < -0.4 is 9.64 Å². The third kappa shape index (κ3) is 6.11. The van der Waals surface area contributed by atoms with Gasteiger partial charge >= 0.3 is 0 Å². The molecule has 2 saturated heterocycles. The summed E-state index contributed by atoms with van der Waals surface area (Å²) < 4.78 is 11.0. The van der Waals surface area contributed by atoms with E-state index in [4.69, 9.17) is 9.47 Å². The van der Waals surface area contributed by atoms with Crippen molar-refractivity contribution in [3.05, 3.63) is 72.3 Å². The van der Waals surface area contributed by atoms with Gasteiger partial charge in [-0.25, -0.2) is 0 Å². The average Bonchev–Trinajstić information content (AvgIpc) is 3.50. The normalized spacial score (nSPS) is 17.3. The topological polar surface area (TPSA) is 88.1 Å². The van der Waals surface area contributed by atoms with Gasteiger partial charge in [-0.1, -0.05) is 30.3 Å². The summed E-state index contributed by atoms with van der Waals surface area (Å²) in [7, 11) is 1.59. The van der Waals surface area contributed by atoms with Crippen LogP contribution in [0.3, 0.4) is 0 Å². The van der Waals surface area contributed by atoms with Crippen LogP contribution >= 0.6 is 0 Å². The minimum atomic E-state index is -0.177. The molecule has 3 heterocycles. The molecular formula is C29H33N5O4. The van der Waals surface area contributed by atoms with Gasteiger partial charge < -0.3 is 24.2 Å². The average molecular weight is 516 g/mol. The molecule has 0 radical (unpaired) electrons. The third-order valence-electron chi connectivity index (χ3n) is 7.07. The maximum Gasteiger partial charge on any atom is 0.254 e. The van der Waals surface area contributed by atoms with Crippen LogP contribution in [0.25, 0.3) is 11.3 Å². The van der Waals surface area contributed by atoms with Crippen LogP contribution in [0, 0.1) is 0 Å². The first kappa shape index (κ1) is 25.7.